The van der Waals surface area contributed by atoms with Crippen LogP contribution in [0.15, 0.2) is 48.5 Å². The van der Waals surface area contributed by atoms with Crippen molar-refractivity contribution in [3.8, 4) is 0 Å². The van der Waals surface area contributed by atoms with Crippen molar-refractivity contribution in [3.05, 3.63) is 69.2 Å². The number of para-hydroxylation sites is 1. The third-order valence-electron chi connectivity index (χ3n) is 4.54. The fourth-order valence-corrected chi connectivity index (χ4v) is 3.47. The molecule has 1 saturated heterocycles. The van der Waals surface area contributed by atoms with E-state index in [4.69, 9.17) is 16.3 Å². The van der Waals surface area contributed by atoms with E-state index in [1.165, 1.54) is 7.11 Å². The number of piperidine rings is 1. The van der Waals surface area contributed by atoms with Crippen molar-refractivity contribution in [3.63, 3.8) is 0 Å². The number of esters is 1. The molecule has 2 aromatic rings. The fourth-order valence-electron chi connectivity index (χ4n) is 3.30. The number of benzene rings is 2. The Labute approximate surface area is 162 Å². The molecule has 142 valence electrons. The zero-order valence-electron chi connectivity index (χ0n) is 14.9. The second kappa shape index (κ2) is 8.37. The summed E-state index contributed by atoms with van der Waals surface area (Å²) in [4.78, 5) is 23.7. The van der Waals surface area contributed by atoms with Gasteiger partial charge in [0.2, 0.25) is 0 Å². The van der Waals surface area contributed by atoms with Crippen LogP contribution in [0, 0.1) is 10.1 Å². The summed E-state index contributed by atoms with van der Waals surface area (Å²) in [6.45, 7) is 0.494. The van der Waals surface area contributed by atoms with Gasteiger partial charge in [0.25, 0.3) is 6.17 Å². The first-order valence-electron chi connectivity index (χ1n) is 8.66. The number of hydrogen-bond donors (Lipinski definition) is 0. The van der Waals surface area contributed by atoms with Gasteiger partial charge in [0.1, 0.15) is 0 Å². The summed E-state index contributed by atoms with van der Waals surface area (Å²) in [5.41, 5.74) is 1.45. The van der Waals surface area contributed by atoms with Gasteiger partial charge < -0.3 is 4.74 Å². The van der Waals surface area contributed by atoms with E-state index < -0.39 is 12.1 Å². The number of nitrogens with zero attached hydrogens (tertiary/aromatic N) is 3. The average Bonchev–Trinajstić information content (AvgIpc) is 2.69. The summed E-state index contributed by atoms with van der Waals surface area (Å²) in [6.07, 6.45) is 1.15. The van der Waals surface area contributed by atoms with Crippen molar-refractivity contribution >= 4 is 28.9 Å². The lowest BCUT2D eigenvalue weighted by Crippen LogP contribution is -2.52. The molecule has 0 spiro atoms. The first kappa shape index (κ1) is 19.1. The van der Waals surface area contributed by atoms with Crippen molar-refractivity contribution in [2.75, 3.05) is 18.7 Å². The molecule has 0 aromatic heterocycles. The van der Waals surface area contributed by atoms with E-state index in [-0.39, 0.29) is 4.92 Å². The van der Waals surface area contributed by atoms with E-state index in [1.54, 1.807) is 28.2 Å². The zero-order valence-corrected chi connectivity index (χ0v) is 15.6. The molecular formula is C19H20ClN3O4. The average molecular weight is 390 g/mol. The highest BCUT2D eigenvalue weighted by Crippen LogP contribution is 2.36. The van der Waals surface area contributed by atoms with Gasteiger partial charge in [0, 0.05) is 22.9 Å². The van der Waals surface area contributed by atoms with Crippen LogP contribution in [0.2, 0.25) is 5.02 Å². The third-order valence-corrected chi connectivity index (χ3v) is 4.77. The van der Waals surface area contributed by atoms with Crippen molar-refractivity contribution < 1.29 is 14.5 Å². The van der Waals surface area contributed by atoms with E-state index in [9.17, 15) is 14.9 Å². The number of anilines is 2. The molecule has 0 radical (unpaired) electrons. The Bertz CT molecular complexity index is 831. The van der Waals surface area contributed by atoms with Crippen molar-refractivity contribution in [2.24, 2.45) is 0 Å². The van der Waals surface area contributed by atoms with Gasteiger partial charge in [-0.1, -0.05) is 29.8 Å². The molecule has 8 heteroatoms. The molecule has 1 atom stereocenters. The Kier molecular flexibility index (Phi) is 5.93. The van der Waals surface area contributed by atoms with Crippen molar-refractivity contribution in [1.82, 2.24) is 5.01 Å². The summed E-state index contributed by atoms with van der Waals surface area (Å²) in [5.74, 6) is -0.530. The molecule has 3 rings (SSSR count). The fraction of sp³-hybridized carbons (Fsp3) is 0.316. The minimum atomic E-state index is -0.886. The predicted octanol–water partition coefficient (Wildman–Crippen LogP) is 4.27. The number of hydrazine groups is 1. The van der Waals surface area contributed by atoms with Crippen LogP contribution in [-0.4, -0.2) is 35.7 Å². The molecule has 2 aromatic carbocycles. The van der Waals surface area contributed by atoms with E-state index in [2.05, 4.69) is 0 Å². The number of hydrogen-bond acceptors (Lipinski definition) is 6. The zero-order chi connectivity index (χ0) is 19.4. The molecule has 0 saturated carbocycles. The van der Waals surface area contributed by atoms with Crippen LogP contribution in [0.5, 0.6) is 0 Å². The second-order valence-corrected chi connectivity index (χ2v) is 6.66. The Morgan fingerprint density at radius 2 is 2.00 bits per heavy atom. The molecule has 27 heavy (non-hydrogen) atoms. The third kappa shape index (κ3) is 4.04. The van der Waals surface area contributed by atoms with E-state index in [1.807, 2.05) is 30.3 Å². The van der Waals surface area contributed by atoms with Crippen LogP contribution in [-0.2, 0) is 4.74 Å². The highest BCUT2D eigenvalue weighted by molar-refractivity contribution is 6.31. The number of carbonyl (C=O) groups is 1. The number of methoxy groups -OCH3 is 1. The Balaban J connectivity index is 2.18. The minimum absolute atomic E-state index is 0.280. The van der Waals surface area contributed by atoms with E-state index in [0.717, 1.165) is 12.8 Å². The standard InChI is InChI=1S/C19H20ClN3O4/c1-27-19(24)16-11-10-14(20)13-17(16)22(15-7-3-2-4-8-15)21-12-6-5-9-18(21)23(25)26/h2-4,7-8,10-11,13,18H,5-6,9,12H2,1H3. The van der Waals surface area contributed by atoms with Crippen LogP contribution < -0.4 is 5.01 Å². The summed E-state index contributed by atoms with van der Waals surface area (Å²) in [5, 5.41) is 15.5. The highest BCUT2D eigenvalue weighted by atomic mass is 35.5. The molecule has 1 aliphatic heterocycles. The highest BCUT2D eigenvalue weighted by Gasteiger charge is 2.37. The molecule has 0 aliphatic carbocycles. The maximum absolute atomic E-state index is 12.3. The summed E-state index contributed by atoms with van der Waals surface area (Å²) < 4.78 is 4.90. The van der Waals surface area contributed by atoms with Gasteiger partial charge in [-0.2, -0.15) is 0 Å². The largest absolute Gasteiger partial charge is 0.465 e. The molecule has 1 aliphatic rings. The Morgan fingerprint density at radius 3 is 2.67 bits per heavy atom. The quantitative estimate of drug-likeness (QED) is 0.432. The lowest BCUT2D eigenvalue weighted by molar-refractivity contribution is -0.554. The minimum Gasteiger partial charge on any atom is -0.465 e. The van der Waals surface area contributed by atoms with Gasteiger partial charge in [0.15, 0.2) is 0 Å². The van der Waals surface area contributed by atoms with Crippen LogP contribution in [0.4, 0.5) is 11.4 Å². The summed E-state index contributed by atoms with van der Waals surface area (Å²) >= 11 is 6.20. The summed E-state index contributed by atoms with van der Waals surface area (Å²) in [6, 6.07) is 14.0. The number of rotatable bonds is 5. The van der Waals surface area contributed by atoms with E-state index >= 15 is 0 Å². The number of halogens is 1. The summed E-state index contributed by atoms with van der Waals surface area (Å²) in [7, 11) is 1.30. The molecule has 0 amide bonds. The van der Waals surface area contributed by atoms with Crippen LogP contribution in [0.1, 0.15) is 29.6 Å². The maximum atomic E-state index is 12.3. The first-order valence-corrected chi connectivity index (χ1v) is 9.04. The lowest BCUT2D eigenvalue weighted by atomic mass is 10.1. The molecule has 1 heterocycles. The van der Waals surface area contributed by atoms with E-state index in [0.29, 0.717) is 34.9 Å². The smallest absolute Gasteiger partial charge is 0.340 e. The molecule has 0 N–H and O–H groups in total. The number of ether oxygens (including phenoxy) is 1. The van der Waals surface area contributed by atoms with Crippen LogP contribution in [0.25, 0.3) is 0 Å². The van der Waals surface area contributed by atoms with Gasteiger partial charge in [0.05, 0.1) is 24.0 Å². The monoisotopic (exact) mass is 389 g/mol. The Hall–Kier alpha value is -2.64. The van der Waals surface area contributed by atoms with Crippen molar-refractivity contribution in [1.29, 1.82) is 0 Å². The van der Waals surface area contributed by atoms with Crippen molar-refractivity contribution in [2.45, 2.75) is 25.4 Å². The number of carbonyl (C=O) groups excluding carboxylic acids is 1. The van der Waals surface area contributed by atoms with Gasteiger partial charge in [-0.3, -0.25) is 15.1 Å². The van der Waals surface area contributed by atoms with Gasteiger partial charge >= 0.3 is 5.97 Å². The van der Waals surface area contributed by atoms with Gasteiger partial charge in [-0.25, -0.2) is 4.79 Å². The molecule has 1 unspecified atom stereocenters. The lowest BCUT2D eigenvalue weighted by Gasteiger charge is -2.40. The van der Waals surface area contributed by atoms with Crippen LogP contribution in [0.3, 0.4) is 0 Å². The topological polar surface area (TPSA) is 75.9 Å². The first-order chi connectivity index (χ1) is 13.0. The predicted molar refractivity (Wildman–Crippen MR) is 103 cm³/mol. The second-order valence-electron chi connectivity index (χ2n) is 6.23. The van der Waals surface area contributed by atoms with Crippen LogP contribution >= 0.6 is 11.6 Å². The molecule has 7 nitrogen and oxygen atoms in total. The molecule has 0 bridgehead atoms. The SMILES string of the molecule is COC(=O)c1ccc(Cl)cc1N(c1ccccc1)N1CCCCC1[N+](=O)[O-]. The van der Waals surface area contributed by atoms with Gasteiger partial charge in [-0.15, -0.1) is 5.01 Å². The van der Waals surface area contributed by atoms with Gasteiger partial charge in [-0.05, 0) is 43.2 Å². The molecular weight excluding hydrogens is 370 g/mol. The molecule has 1 fully saturated rings. The number of nitro groups is 1. The Morgan fingerprint density at radius 1 is 1.26 bits per heavy atom. The maximum Gasteiger partial charge on any atom is 0.340 e. The normalized spacial score (nSPS) is 17.3.